The standard InChI is InChI=1S/C29H30ClFN2O4/c30-24-16-21(6-11-27(24)37-23-8-9-23)28(35)25(17-33-12-1-13-33)32-29(36)26(34)10-3-18-2-4-20-15-22(31)7-5-19(20)14-18/h2,4-7,11,14-16,23,25,28,35H,1,3,8-10,12-13,17H2,(H,32,36). The number of likely N-dealkylation sites (tertiary alicyclic amines) is 1. The van der Waals surface area contributed by atoms with Crippen molar-refractivity contribution in [3.05, 3.63) is 76.6 Å². The summed E-state index contributed by atoms with van der Waals surface area (Å²) in [5.41, 5.74) is 1.44. The van der Waals surface area contributed by atoms with E-state index < -0.39 is 23.8 Å². The van der Waals surface area contributed by atoms with Crippen molar-refractivity contribution < 1.29 is 23.8 Å². The summed E-state index contributed by atoms with van der Waals surface area (Å²) in [7, 11) is 0. The van der Waals surface area contributed by atoms with Gasteiger partial charge in [-0.15, -0.1) is 0 Å². The van der Waals surface area contributed by atoms with Crippen molar-refractivity contribution in [2.75, 3.05) is 19.6 Å². The van der Waals surface area contributed by atoms with Crippen LogP contribution in [0.5, 0.6) is 5.75 Å². The number of hydrogen-bond donors (Lipinski definition) is 2. The molecule has 3 aromatic carbocycles. The van der Waals surface area contributed by atoms with Crippen molar-refractivity contribution in [2.24, 2.45) is 0 Å². The predicted molar refractivity (Wildman–Crippen MR) is 140 cm³/mol. The van der Waals surface area contributed by atoms with Gasteiger partial charge in [-0.05, 0) is 84.9 Å². The fourth-order valence-corrected chi connectivity index (χ4v) is 4.74. The summed E-state index contributed by atoms with van der Waals surface area (Å²) in [5, 5.41) is 16.0. The highest BCUT2D eigenvalue weighted by molar-refractivity contribution is 6.36. The molecule has 2 atom stereocenters. The monoisotopic (exact) mass is 524 g/mol. The van der Waals surface area contributed by atoms with Crippen molar-refractivity contribution in [3.63, 3.8) is 0 Å². The minimum absolute atomic E-state index is 0.0318. The molecule has 8 heteroatoms. The van der Waals surface area contributed by atoms with Gasteiger partial charge >= 0.3 is 0 Å². The fourth-order valence-electron chi connectivity index (χ4n) is 4.50. The van der Waals surface area contributed by atoms with E-state index in [2.05, 4.69) is 10.2 Å². The molecule has 3 aromatic rings. The van der Waals surface area contributed by atoms with Gasteiger partial charge in [0.15, 0.2) is 0 Å². The number of ketones is 1. The number of nitrogens with one attached hydrogen (secondary N) is 1. The number of aryl methyl sites for hydroxylation is 1. The lowest BCUT2D eigenvalue weighted by Crippen LogP contribution is -2.52. The molecule has 2 N–H and O–H groups in total. The van der Waals surface area contributed by atoms with Crippen molar-refractivity contribution in [3.8, 4) is 5.75 Å². The van der Waals surface area contributed by atoms with Gasteiger partial charge < -0.3 is 20.1 Å². The predicted octanol–water partition coefficient (Wildman–Crippen LogP) is 4.60. The van der Waals surface area contributed by atoms with E-state index >= 15 is 0 Å². The lowest BCUT2D eigenvalue weighted by molar-refractivity contribution is -0.139. The van der Waals surface area contributed by atoms with Crippen LogP contribution in [0, 0.1) is 5.82 Å². The molecule has 1 heterocycles. The number of amides is 1. The Hall–Kier alpha value is -3.00. The molecule has 1 saturated carbocycles. The van der Waals surface area contributed by atoms with E-state index in [0.29, 0.717) is 29.3 Å². The number of fused-ring (bicyclic) bond motifs is 1. The quantitative estimate of drug-likeness (QED) is 0.358. The van der Waals surface area contributed by atoms with Gasteiger partial charge in [0.2, 0.25) is 5.78 Å². The number of benzene rings is 3. The van der Waals surface area contributed by atoms with Gasteiger partial charge in [0.1, 0.15) is 17.7 Å². The van der Waals surface area contributed by atoms with Crippen LogP contribution in [0.2, 0.25) is 5.02 Å². The number of rotatable bonds is 11. The lowest BCUT2D eigenvalue weighted by atomic mass is 9.99. The van der Waals surface area contributed by atoms with Crippen LogP contribution in [-0.2, 0) is 16.0 Å². The summed E-state index contributed by atoms with van der Waals surface area (Å²) >= 11 is 6.39. The molecular formula is C29H30ClFN2O4. The average Bonchev–Trinajstić information content (AvgIpc) is 3.68. The van der Waals surface area contributed by atoms with E-state index in [1.54, 1.807) is 24.3 Å². The van der Waals surface area contributed by atoms with Crippen LogP contribution in [0.3, 0.4) is 0 Å². The molecule has 0 bridgehead atoms. The smallest absolute Gasteiger partial charge is 0.287 e. The Labute approximate surface area is 220 Å². The number of Topliss-reactive ketones (excluding diaryl/α,β-unsaturated/α-hetero) is 1. The number of aliphatic hydroxyl groups is 1. The first-order valence-corrected chi connectivity index (χ1v) is 13.1. The van der Waals surface area contributed by atoms with E-state index in [4.69, 9.17) is 16.3 Å². The molecule has 0 spiro atoms. The first-order chi connectivity index (χ1) is 17.9. The minimum Gasteiger partial charge on any atom is -0.489 e. The molecule has 2 fully saturated rings. The normalized spacial score (nSPS) is 17.2. The summed E-state index contributed by atoms with van der Waals surface area (Å²) in [4.78, 5) is 27.6. The Bertz CT molecular complexity index is 1310. The number of ether oxygens (including phenoxy) is 1. The van der Waals surface area contributed by atoms with Gasteiger partial charge in [-0.3, -0.25) is 9.59 Å². The van der Waals surface area contributed by atoms with E-state index in [1.807, 2.05) is 18.2 Å². The first kappa shape index (κ1) is 25.6. The maximum atomic E-state index is 13.4. The van der Waals surface area contributed by atoms with Crippen molar-refractivity contribution >= 4 is 34.1 Å². The summed E-state index contributed by atoms with van der Waals surface area (Å²) < 4.78 is 19.2. The Morgan fingerprint density at radius 2 is 1.84 bits per heavy atom. The van der Waals surface area contributed by atoms with Gasteiger partial charge in [-0.1, -0.05) is 41.9 Å². The Morgan fingerprint density at radius 1 is 1.08 bits per heavy atom. The van der Waals surface area contributed by atoms with Crippen molar-refractivity contribution in [1.29, 1.82) is 0 Å². The zero-order valence-corrected chi connectivity index (χ0v) is 21.2. The molecule has 1 aliphatic carbocycles. The highest BCUT2D eigenvalue weighted by Gasteiger charge is 2.30. The molecule has 0 aromatic heterocycles. The van der Waals surface area contributed by atoms with Crippen LogP contribution >= 0.6 is 11.6 Å². The molecule has 2 unspecified atom stereocenters. The van der Waals surface area contributed by atoms with Crippen LogP contribution in [0.4, 0.5) is 4.39 Å². The van der Waals surface area contributed by atoms with E-state index in [-0.39, 0.29) is 18.3 Å². The molecule has 1 aliphatic heterocycles. The molecule has 1 saturated heterocycles. The van der Waals surface area contributed by atoms with Crippen LogP contribution in [0.15, 0.2) is 54.6 Å². The number of hydrogen-bond acceptors (Lipinski definition) is 5. The van der Waals surface area contributed by atoms with Gasteiger partial charge in [-0.25, -0.2) is 4.39 Å². The summed E-state index contributed by atoms with van der Waals surface area (Å²) in [6.45, 7) is 2.20. The molecule has 0 radical (unpaired) electrons. The highest BCUT2D eigenvalue weighted by atomic mass is 35.5. The number of aliphatic hydroxyl groups excluding tert-OH is 1. The molecule has 37 heavy (non-hydrogen) atoms. The minimum atomic E-state index is -1.04. The number of nitrogens with zero attached hydrogens (tertiary/aromatic N) is 1. The first-order valence-electron chi connectivity index (χ1n) is 12.7. The summed E-state index contributed by atoms with van der Waals surface area (Å²) in [6.07, 6.45) is 2.67. The van der Waals surface area contributed by atoms with Gasteiger partial charge in [0.25, 0.3) is 5.91 Å². The second kappa shape index (κ2) is 11.2. The zero-order valence-electron chi connectivity index (χ0n) is 20.5. The second-order valence-electron chi connectivity index (χ2n) is 9.94. The lowest BCUT2D eigenvalue weighted by Gasteiger charge is -2.36. The topological polar surface area (TPSA) is 78.9 Å². The second-order valence-corrected chi connectivity index (χ2v) is 10.3. The Kier molecular flexibility index (Phi) is 7.74. The van der Waals surface area contributed by atoms with Crippen LogP contribution in [-0.4, -0.2) is 53.5 Å². The molecule has 6 nitrogen and oxygen atoms in total. The zero-order chi connectivity index (χ0) is 25.9. The number of halogens is 2. The molecule has 2 aliphatic rings. The maximum absolute atomic E-state index is 13.4. The number of carbonyl (C=O) groups excluding carboxylic acids is 2. The molecule has 1 amide bonds. The fraction of sp³-hybridized carbons (Fsp3) is 0.379. The number of carbonyl (C=O) groups is 2. The van der Waals surface area contributed by atoms with Crippen LogP contribution in [0.25, 0.3) is 10.8 Å². The largest absolute Gasteiger partial charge is 0.489 e. The van der Waals surface area contributed by atoms with Gasteiger partial charge in [0, 0.05) is 13.0 Å². The highest BCUT2D eigenvalue weighted by Crippen LogP contribution is 2.34. The average molecular weight is 525 g/mol. The molecule has 5 rings (SSSR count). The summed E-state index contributed by atoms with van der Waals surface area (Å²) in [5.74, 6) is -0.984. The van der Waals surface area contributed by atoms with Crippen molar-refractivity contribution in [1.82, 2.24) is 10.2 Å². The van der Waals surface area contributed by atoms with Crippen LogP contribution in [0.1, 0.15) is 42.9 Å². The van der Waals surface area contributed by atoms with Gasteiger partial charge in [0.05, 0.1) is 17.2 Å². The maximum Gasteiger partial charge on any atom is 0.287 e. The molecule has 194 valence electrons. The third kappa shape index (κ3) is 6.47. The Morgan fingerprint density at radius 3 is 2.54 bits per heavy atom. The van der Waals surface area contributed by atoms with Crippen molar-refractivity contribution in [2.45, 2.75) is 50.4 Å². The Balaban J connectivity index is 1.22. The van der Waals surface area contributed by atoms with E-state index in [1.165, 1.54) is 12.1 Å². The van der Waals surface area contributed by atoms with E-state index in [0.717, 1.165) is 48.7 Å². The molecular weight excluding hydrogens is 495 g/mol. The van der Waals surface area contributed by atoms with E-state index in [9.17, 15) is 19.1 Å². The third-order valence-corrected chi connectivity index (χ3v) is 7.27. The SMILES string of the molecule is O=C(CCc1ccc2cc(F)ccc2c1)C(=O)NC(CN1CCC1)C(O)c1ccc(OC2CC2)c(Cl)c1. The van der Waals surface area contributed by atoms with Gasteiger partial charge in [-0.2, -0.15) is 0 Å². The summed E-state index contributed by atoms with van der Waals surface area (Å²) in [6, 6.07) is 14.6. The van der Waals surface area contributed by atoms with Crippen LogP contribution < -0.4 is 10.1 Å². The third-order valence-electron chi connectivity index (χ3n) is 6.98.